The molecule has 1 rings (SSSR count). The lowest BCUT2D eigenvalue weighted by Crippen LogP contribution is -2.44. The van der Waals surface area contributed by atoms with Crippen LogP contribution in [-0.2, 0) is 7.05 Å². The molecule has 0 aromatic carbocycles. The Kier molecular flexibility index (Phi) is 2.43. The van der Waals surface area contributed by atoms with Crippen LogP contribution in [0.3, 0.4) is 0 Å². The second-order valence-electron chi connectivity index (χ2n) is 2.22. The first kappa shape index (κ1) is 8.97. The van der Waals surface area contributed by atoms with Gasteiger partial charge in [0.15, 0.2) is 5.69 Å². The number of hydrazine groups is 1. The molecule has 0 radical (unpaired) electrons. The van der Waals surface area contributed by atoms with E-state index in [0.29, 0.717) is 0 Å². The molecule has 0 aliphatic heterocycles. The number of nitrogens with zero attached hydrogens (tertiary/aromatic N) is 3. The summed E-state index contributed by atoms with van der Waals surface area (Å²) in [7, 11) is 1.62. The summed E-state index contributed by atoms with van der Waals surface area (Å²) in [5.41, 5.74) is 8.76. The van der Waals surface area contributed by atoms with Gasteiger partial charge in [-0.1, -0.05) is 5.21 Å². The van der Waals surface area contributed by atoms with Crippen LogP contribution in [0.1, 0.15) is 10.5 Å². The maximum Gasteiger partial charge on any atom is 0.330 e. The summed E-state index contributed by atoms with van der Waals surface area (Å²) in [4.78, 5) is 21.3. The number of carbonyl (C=O) groups is 2. The fourth-order valence-electron chi connectivity index (χ4n) is 0.634. The Morgan fingerprint density at radius 2 is 2.23 bits per heavy atom. The van der Waals surface area contributed by atoms with E-state index in [1.807, 2.05) is 10.9 Å². The molecule has 1 aromatic heterocycles. The second-order valence-corrected chi connectivity index (χ2v) is 2.22. The van der Waals surface area contributed by atoms with Crippen LogP contribution in [0, 0.1) is 0 Å². The van der Waals surface area contributed by atoms with E-state index in [-0.39, 0.29) is 5.69 Å². The van der Waals surface area contributed by atoms with E-state index < -0.39 is 11.9 Å². The van der Waals surface area contributed by atoms with E-state index in [0.717, 1.165) is 0 Å². The van der Waals surface area contributed by atoms with Crippen molar-refractivity contribution in [3.8, 4) is 0 Å². The molecule has 3 amide bonds. The molecular weight excluding hydrogens is 176 g/mol. The smallest absolute Gasteiger partial charge is 0.330 e. The average Bonchev–Trinajstić information content (AvgIpc) is 2.47. The maximum atomic E-state index is 11.1. The lowest BCUT2D eigenvalue weighted by molar-refractivity contribution is 0.0932. The molecular formula is C5H8N6O2. The van der Waals surface area contributed by atoms with Crippen molar-refractivity contribution in [2.45, 2.75) is 0 Å². The first-order chi connectivity index (χ1) is 6.09. The zero-order chi connectivity index (χ0) is 9.84. The molecule has 0 atom stereocenters. The number of amides is 3. The number of rotatable bonds is 1. The summed E-state index contributed by atoms with van der Waals surface area (Å²) < 4.78 is 1.36. The Balaban J connectivity index is 2.54. The van der Waals surface area contributed by atoms with Crippen molar-refractivity contribution >= 4 is 11.9 Å². The average molecular weight is 184 g/mol. The summed E-state index contributed by atoms with van der Waals surface area (Å²) in [5.74, 6) is -0.577. The van der Waals surface area contributed by atoms with Crippen LogP contribution in [0.5, 0.6) is 0 Å². The van der Waals surface area contributed by atoms with Crippen molar-refractivity contribution in [3.05, 3.63) is 11.9 Å². The van der Waals surface area contributed by atoms with Crippen LogP contribution in [0.4, 0.5) is 4.79 Å². The van der Waals surface area contributed by atoms with Crippen LogP contribution in [0.25, 0.3) is 0 Å². The number of hydrogen-bond acceptors (Lipinski definition) is 4. The van der Waals surface area contributed by atoms with Gasteiger partial charge in [-0.05, 0) is 0 Å². The predicted octanol–water partition coefficient (Wildman–Crippen LogP) is -1.87. The summed E-state index contributed by atoms with van der Waals surface area (Å²) in [5, 5.41) is 7.03. The quantitative estimate of drug-likeness (QED) is 0.443. The molecule has 70 valence electrons. The molecule has 0 saturated carbocycles. The first-order valence-electron chi connectivity index (χ1n) is 3.31. The lowest BCUT2D eigenvalue weighted by Gasteiger charge is -2.00. The molecule has 0 unspecified atom stereocenters. The molecule has 13 heavy (non-hydrogen) atoms. The highest BCUT2D eigenvalue weighted by Crippen LogP contribution is 1.88. The number of aryl methyl sites for hydroxylation is 1. The fourth-order valence-corrected chi connectivity index (χ4v) is 0.634. The molecule has 0 bridgehead atoms. The van der Waals surface area contributed by atoms with E-state index in [9.17, 15) is 9.59 Å². The van der Waals surface area contributed by atoms with Crippen molar-refractivity contribution in [2.75, 3.05) is 0 Å². The molecule has 4 N–H and O–H groups in total. The summed E-state index contributed by atoms with van der Waals surface area (Å²) in [6.07, 6.45) is 1.40. The minimum absolute atomic E-state index is 0.0938. The van der Waals surface area contributed by atoms with Crippen molar-refractivity contribution in [3.63, 3.8) is 0 Å². The molecule has 1 aromatic rings. The topological polar surface area (TPSA) is 115 Å². The minimum Gasteiger partial charge on any atom is -0.350 e. The van der Waals surface area contributed by atoms with E-state index >= 15 is 0 Å². The summed E-state index contributed by atoms with van der Waals surface area (Å²) >= 11 is 0. The SMILES string of the molecule is Cn1cc(C(=O)NNC(N)=O)nn1. The van der Waals surface area contributed by atoms with Crippen molar-refractivity contribution in [2.24, 2.45) is 12.8 Å². The van der Waals surface area contributed by atoms with Gasteiger partial charge >= 0.3 is 6.03 Å². The van der Waals surface area contributed by atoms with Gasteiger partial charge < -0.3 is 5.73 Å². The Hall–Kier alpha value is -2.12. The fraction of sp³-hybridized carbons (Fsp3) is 0.200. The molecule has 0 aliphatic carbocycles. The molecule has 8 nitrogen and oxygen atoms in total. The summed E-state index contributed by atoms with van der Waals surface area (Å²) in [6.45, 7) is 0. The van der Waals surface area contributed by atoms with Gasteiger partial charge in [0.25, 0.3) is 5.91 Å². The first-order valence-corrected chi connectivity index (χ1v) is 3.31. The highest BCUT2D eigenvalue weighted by molar-refractivity contribution is 5.92. The zero-order valence-corrected chi connectivity index (χ0v) is 6.81. The molecule has 0 aliphatic rings. The highest BCUT2D eigenvalue weighted by atomic mass is 16.2. The Morgan fingerprint density at radius 3 is 2.69 bits per heavy atom. The van der Waals surface area contributed by atoms with Crippen LogP contribution >= 0.6 is 0 Å². The van der Waals surface area contributed by atoms with Crippen molar-refractivity contribution < 1.29 is 9.59 Å². The number of carbonyl (C=O) groups excluding carboxylic acids is 2. The number of nitrogens with one attached hydrogen (secondary N) is 2. The minimum atomic E-state index is -0.850. The Labute approximate surface area is 73.1 Å². The molecule has 8 heteroatoms. The number of urea groups is 1. The molecule has 1 heterocycles. The van der Waals surface area contributed by atoms with Gasteiger partial charge in [0, 0.05) is 7.05 Å². The monoisotopic (exact) mass is 184 g/mol. The normalized spacial score (nSPS) is 9.31. The van der Waals surface area contributed by atoms with E-state index in [2.05, 4.69) is 10.3 Å². The van der Waals surface area contributed by atoms with Gasteiger partial charge in [0.1, 0.15) is 0 Å². The second kappa shape index (κ2) is 3.52. The third kappa shape index (κ3) is 2.43. The van der Waals surface area contributed by atoms with E-state index in [1.54, 1.807) is 7.05 Å². The van der Waals surface area contributed by atoms with Gasteiger partial charge in [-0.3, -0.25) is 14.9 Å². The Bertz CT molecular complexity index is 332. The number of nitrogens with two attached hydrogens (primary N) is 1. The van der Waals surface area contributed by atoms with Crippen LogP contribution in [-0.4, -0.2) is 26.9 Å². The zero-order valence-electron chi connectivity index (χ0n) is 6.81. The Morgan fingerprint density at radius 1 is 1.54 bits per heavy atom. The maximum absolute atomic E-state index is 11.1. The van der Waals surface area contributed by atoms with Gasteiger partial charge in [-0.2, -0.15) is 0 Å². The van der Waals surface area contributed by atoms with Crippen LogP contribution in [0.2, 0.25) is 0 Å². The lowest BCUT2D eigenvalue weighted by atomic mass is 10.5. The van der Waals surface area contributed by atoms with Crippen molar-refractivity contribution in [1.82, 2.24) is 25.8 Å². The molecule has 0 spiro atoms. The number of primary amides is 1. The predicted molar refractivity (Wildman–Crippen MR) is 41.2 cm³/mol. The van der Waals surface area contributed by atoms with E-state index in [4.69, 9.17) is 5.73 Å². The number of hydrogen-bond donors (Lipinski definition) is 3. The third-order valence-corrected chi connectivity index (χ3v) is 1.13. The highest BCUT2D eigenvalue weighted by Gasteiger charge is 2.08. The third-order valence-electron chi connectivity index (χ3n) is 1.13. The van der Waals surface area contributed by atoms with Gasteiger partial charge in [-0.15, -0.1) is 5.10 Å². The van der Waals surface area contributed by atoms with Gasteiger partial charge in [0.05, 0.1) is 6.20 Å². The van der Waals surface area contributed by atoms with Gasteiger partial charge in [-0.25, -0.2) is 10.2 Å². The molecule has 0 fully saturated rings. The number of aromatic nitrogens is 3. The van der Waals surface area contributed by atoms with Crippen molar-refractivity contribution in [1.29, 1.82) is 0 Å². The summed E-state index contributed by atoms with van der Waals surface area (Å²) in [6, 6.07) is -0.850. The standard InChI is InChI=1S/C5H8N6O2/c1-11-2-3(7-10-11)4(12)8-9-5(6)13/h2H,1H3,(H,8,12)(H3,6,9,13). The van der Waals surface area contributed by atoms with Gasteiger partial charge in [0.2, 0.25) is 0 Å². The largest absolute Gasteiger partial charge is 0.350 e. The van der Waals surface area contributed by atoms with Crippen LogP contribution < -0.4 is 16.6 Å². The van der Waals surface area contributed by atoms with E-state index in [1.165, 1.54) is 10.9 Å². The molecule has 0 saturated heterocycles. The van der Waals surface area contributed by atoms with Crippen LogP contribution in [0.15, 0.2) is 6.20 Å².